The number of benzene rings is 2. The van der Waals surface area contributed by atoms with Crippen LogP contribution in [0.1, 0.15) is 19.4 Å². The third kappa shape index (κ3) is 2.70. The fourth-order valence-corrected chi connectivity index (χ4v) is 3.17. The van der Waals surface area contributed by atoms with Crippen LogP contribution in [0.2, 0.25) is 0 Å². The number of rotatable bonds is 2. The predicted molar refractivity (Wildman–Crippen MR) is 102 cm³/mol. The van der Waals surface area contributed by atoms with Gasteiger partial charge in [0.15, 0.2) is 11.5 Å². The number of fused-ring (bicyclic) bond motifs is 2. The number of aromatic hydroxyl groups is 2. The zero-order valence-electron chi connectivity index (χ0n) is 15.1. The Bertz CT molecular complexity index is 1150. The minimum Gasteiger partial charge on any atom is -0.508 e. The lowest BCUT2D eigenvalue weighted by atomic mass is 9.94. The van der Waals surface area contributed by atoms with E-state index >= 15 is 0 Å². The molecule has 27 heavy (non-hydrogen) atoms. The summed E-state index contributed by atoms with van der Waals surface area (Å²) in [6.45, 7) is 3.73. The number of methoxy groups -OCH3 is 1. The van der Waals surface area contributed by atoms with Gasteiger partial charge in [-0.25, -0.2) is 0 Å². The van der Waals surface area contributed by atoms with Gasteiger partial charge in [0.1, 0.15) is 23.2 Å². The number of hydrogen-bond acceptors (Lipinski definition) is 6. The highest BCUT2D eigenvalue weighted by atomic mass is 16.5. The maximum absolute atomic E-state index is 13.0. The van der Waals surface area contributed by atoms with Gasteiger partial charge in [-0.2, -0.15) is 0 Å². The zero-order chi connectivity index (χ0) is 19.3. The van der Waals surface area contributed by atoms with E-state index < -0.39 is 5.60 Å². The molecule has 0 unspecified atom stereocenters. The van der Waals surface area contributed by atoms with Crippen molar-refractivity contribution in [2.24, 2.45) is 0 Å². The summed E-state index contributed by atoms with van der Waals surface area (Å²) in [6, 6.07) is 5.92. The first-order valence-electron chi connectivity index (χ1n) is 8.38. The highest BCUT2D eigenvalue weighted by Gasteiger charge is 2.29. The molecule has 6 nitrogen and oxygen atoms in total. The van der Waals surface area contributed by atoms with Crippen LogP contribution in [0.15, 0.2) is 45.8 Å². The van der Waals surface area contributed by atoms with Crippen molar-refractivity contribution in [2.75, 3.05) is 7.11 Å². The minimum absolute atomic E-state index is 0.0145. The predicted octanol–water partition coefficient (Wildman–Crippen LogP) is 4.06. The first-order valence-corrected chi connectivity index (χ1v) is 8.38. The van der Waals surface area contributed by atoms with Crippen LogP contribution < -0.4 is 14.9 Å². The molecule has 0 bridgehead atoms. The first-order chi connectivity index (χ1) is 12.8. The molecular formula is C21H18O6. The third-order valence-corrected chi connectivity index (χ3v) is 4.54. The average molecular weight is 366 g/mol. The molecule has 0 atom stereocenters. The molecule has 0 saturated heterocycles. The zero-order valence-corrected chi connectivity index (χ0v) is 15.1. The second kappa shape index (κ2) is 5.81. The van der Waals surface area contributed by atoms with Crippen LogP contribution in [-0.2, 0) is 0 Å². The highest BCUT2D eigenvalue weighted by molar-refractivity contribution is 5.88. The summed E-state index contributed by atoms with van der Waals surface area (Å²) in [5.41, 5.74) is 0.810. The van der Waals surface area contributed by atoms with E-state index in [-0.39, 0.29) is 34.0 Å². The Morgan fingerprint density at radius 3 is 2.63 bits per heavy atom. The average Bonchev–Trinajstić information content (AvgIpc) is 2.62. The maximum atomic E-state index is 13.0. The lowest BCUT2D eigenvalue weighted by Gasteiger charge is -2.30. The Kier molecular flexibility index (Phi) is 3.66. The van der Waals surface area contributed by atoms with Crippen molar-refractivity contribution >= 4 is 17.0 Å². The third-order valence-electron chi connectivity index (χ3n) is 4.54. The van der Waals surface area contributed by atoms with E-state index in [0.29, 0.717) is 22.1 Å². The molecule has 4 rings (SSSR count). The van der Waals surface area contributed by atoms with Crippen LogP contribution >= 0.6 is 0 Å². The quantitative estimate of drug-likeness (QED) is 0.711. The summed E-state index contributed by atoms with van der Waals surface area (Å²) in [7, 11) is 1.43. The molecule has 138 valence electrons. The summed E-state index contributed by atoms with van der Waals surface area (Å²) in [5, 5.41) is 20.4. The van der Waals surface area contributed by atoms with Gasteiger partial charge in [0, 0.05) is 17.2 Å². The van der Waals surface area contributed by atoms with Crippen molar-refractivity contribution in [1.82, 2.24) is 0 Å². The van der Waals surface area contributed by atoms with Gasteiger partial charge in [0.2, 0.25) is 11.2 Å². The van der Waals surface area contributed by atoms with E-state index in [4.69, 9.17) is 13.9 Å². The lowest BCUT2D eigenvalue weighted by Crippen LogP contribution is -2.27. The van der Waals surface area contributed by atoms with Crippen molar-refractivity contribution in [3.05, 3.63) is 52.4 Å². The molecule has 1 aliphatic heterocycles. The minimum atomic E-state index is -0.611. The number of hydrogen-bond donors (Lipinski definition) is 2. The standard InChI is InChI=1S/C21H18O6/c1-21(2)7-6-12-14(9-17(25-3)19(24)20(12)27-21)15-10-26-16-8-11(22)4-5-13(16)18(15)23/h4-10,22,24H,1-3H3. The van der Waals surface area contributed by atoms with Crippen LogP contribution in [0.3, 0.4) is 0 Å². The molecule has 1 aliphatic rings. The van der Waals surface area contributed by atoms with Gasteiger partial charge >= 0.3 is 0 Å². The largest absolute Gasteiger partial charge is 0.508 e. The molecule has 0 amide bonds. The van der Waals surface area contributed by atoms with E-state index in [1.54, 1.807) is 6.07 Å². The summed E-state index contributed by atoms with van der Waals surface area (Å²) >= 11 is 0. The fourth-order valence-electron chi connectivity index (χ4n) is 3.17. The van der Waals surface area contributed by atoms with Crippen LogP contribution in [0.25, 0.3) is 28.2 Å². The molecule has 2 aromatic carbocycles. The Balaban J connectivity index is 2.03. The number of ether oxygens (including phenoxy) is 2. The summed E-state index contributed by atoms with van der Waals surface area (Å²) in [6.07, 6.45) is 5.00. The summed E-state index contributed by atoms with van der Waals surface area (Å²) < 4.78 is 16.7. The molecule has 2 heterocycles. The van der Waals surface area contributed by atoms with E-state index in [9.17, 15) is 15.0 Å². The normalized spacial score (nSPS) is 14.6. The molecular weight excluding hydrogens is 348 g/mol. The van der Waals surface area contributed by atoms with E-state index in [0.717, 1.165) is 0 Å². The Hall–Kier alpha value is -3.41. The van der Waals surface area contributed by atoms with Crippen LogP contribution in [-0.4, -0.2) is 22.9 Å². The van der Waals surface area contributed by atoms with Crippen LogP contribution in [0.5, 0.6) is 23.0 Å². The molecule has 2 N–H and O–H groups in total. The second-order valence-electron chi connectivity index (χ2n) is 6.92. The van der Waals surface area contributed by atoms with E-state index in [1.807, 2.05) is 26.0 Å². The van der Waals surface area contributed by atoms with Crippen molar-refractivity contribution < 1.29 is 24.1 Å². The topological polar surface area (TPSA) is 89.1 Å². The number of phenolic OH excluding ortho intramolecular Hbond substituents is 2. The van der Waals surface area contributed by atoms with Gasteiger partial charge < -0.3 is 24.1 Å². The molecule has 0 spiro atoms. The SMILES string of the molecule is COc1cc(-c2coc3cc(O)ccc3c2=O)c2c(c1O)OC(C)(C)C=C2. The van der Waals surface area contributed by atoms with Gasteiger partial charge in [-0.05, 0) is 38.1 Å². The van der Waals surface area contributed by atoms with Crippen molar-refractivity contribution in [3.8, 4) is 34.1 Å². The fraction of sp³-hybridized carbons (Fsp3) is 0.190. The Morgan fingerprint density at radius 2 is 1.89 bits per heavy atom. The molecule has 0 saturated carbocycles. The maximum Gasteiger partial charge on any atom is 0.201 e. The highest BCUT2D eigenvalue weighted by Crippen LogP contribution is 2.48. The van der Waals surface area contributed by atoms with Crippen molar-refractivity contribution in [1.29, 1.82) is 0 Å². The van der Waals surface area contributed by atoms with Crippen LogP contribution in [0.4, 0.5) is 0 Å². The smallest absolute Gasteiger partial charge is 0.201 e. The van der Waals surface area contributed by atoms with Gasteiger partial charge in [-0.15, -0.1) is 0 Å². The first kappa shape index (κ1) is 17.0. The molecule has 6 heteroatoms. The lowest BCUT2D eigenvalue weighted by molar-refractivity contribution is 0.151. The van der Waals surface area contributed by atoms with Gasteiger partial charge in [0.25, 0.3) is 0 Å². The van der Waals surface area contributed by atoms with E-state index in [1.165, 1.54) is 31.6 Å². The van der Waals surface area contributed by atoms with Gasteiger partial charge in [0.05, 0.1) is 18.1 Å². The summed E-state index contributed by atoms with van der Waals surface area (Å²) in [5.74, 6) is 0.339. The molecule has 0 radical (unpaired) electrons. The Morgan fingerprint density at radius 1 is 1.11 bits per heavy atom. The Labute approximate surface area is 154 Å². The van der Waals surface area contributed by atoms with Gasteiger partial charge in [-0.3, -0.25) is 4.79 Å². The molecule has 0 fully saturated rings. The monoisotopic (exact) mass is 366 g/mol. The van der Waals surface area contributed by atoms with E-state index in [2.05, 4.69) is 0 Å². The van der Waals surface area contributed by atoms with Gasteiger partial charge in [-0.1, -0.05) is 6.08 Å². The molecule has 3 aromatic rings. The van der Waals surface area contributed by atoms with Crippen molar-refractivity contribution in [3.63, 3.8) is 0 Å². The van der Waals surface area contributed by atoms with Crippen LogP contribution in [0, 0.1) is 0 Å². The van der Waals surface area contributed by atoms with Crippen molar-refractivity contribution in [2.45, 2.75) is 19.4 Å². The molecule has 0 aliphatic carbocycles. The second-order valence-corrected chi connectivity index (χ2v) is 6.92. The molecule has 1 aromatic heterocycles. The summed E-state index contributed by atoms with van der Waals surface area (Å²) in [4.78, 5) is 13.0. The number of phenols is 2.